The minimum atomic E-state index is -0.321. The summed E-state index contributed by atoms with van der Waals surface area (Å²) in [6.45, 7) is 3.89. The van der Waals surface area contributed by atoms with Gasteiger partial charge in [0, 0.05) is 22.5 Å². The highest BCUT2D eigenvalue weighted by Gasteiger charge is 2.10. The minimum absolute atomic E-state index is 0.0800. The van der Waals surface area contributed by atoms with Gasteiger partial charge in [-0.05, 0) is 80.6 Å². The number of ether oxygens (including phenoxy) is 1. The molecule has 3 aromatic rings. The Bertz CT molecular complexity index is 1080. The molecule has 0 unspecified atom stereocenters. The first kappa shape index (κ1) is 20.6. The third kappa shape index (κ3) is 5.46. The number of nitrogens with zero attached hydrogens (tertiary/aromatic N) is 1. The first-order valence-electron chi connectivity index (χ1n) is 9.44. The summed E-state index contributed by atoms with van der Waals surface area (Å²) < 4.78 is 5.58. The largest absolute Gasteiger partial charge is 0.491 e. The maximum atomic E-state index is 12.4. The Balaban J connectivity index is 1.62. The lowest BCUT2D eigenvalue weighted by molar-refractivity contribution is 0.101. The smallest absolute Gasteiger partial charge is 0.255 e. The average molecular weight is 399 g/mol. The molecule has 0 heterocycles. The molecule has 150 valence electrons. The van der Waals surface area contributed by atoms with E-state index >= 15 is 0 Å². The Hall–Kier alpha value is -4.11. The van der Waals surface area contributed by atoms with Crippen LogP contribution in [0.4, 0.5) is 11.4 Å². The molecule has 0 bridgehead atoms. The van der Waals surface area contributed by atoms with E-state index in [2.05, 4.69) is 10.6 Å². The molecule has 6 nitrogen and oxygen atoms in total. The van der Waals surface area contributed by atoms with Crippen LogP contribution in [0.3, 0.4) is 0 Å². The monoisotopic (exact) mass is 399 g/mol. The molecule has 0 aliphatic carbocycles. The molecule has 30 heavy (non-hydrogen) atoms. The van der Waals surface area contributed by atoms with Gasteiger partial charge in [-0.25, -0.2) is 0 Å². The number of rotatable bonds is 6. The summed E-state index contributed by atoms with van der Waals surface area (Å²) in [5.41, 5.74) is 2.48. The van der Waals surface area contributed by atoms with E-state index in [4.69, 9.17) is 10.00 Å². The van der Waals surface area contributed by atoms with Crippen LogP contribution in [0.15, 0.2) is 72.8 Å². The van der Waals surface area contributed by atoms with Crippen LogP contribution >= 0.6 is 0 Å². The van der Waals surface area contributed by atoms with Crippen molar-refractivity contribution in [1.29, 1.82) is 5.26 Å². The summed E-state index contributed by atoms with van der Waals surface area (Å²) in [6, 6.07) is 22.2. The normalized spacial score (nSPS) is 10.2. The van der Waals surface area contributed by atoms with Crippen molar-refractivity contribution in [3.8, 4) is 11.8 Å². The molecule has 0 aliphatic rings. The fraction of sp³-hybridized carbons (Fsp3) is 0.125. The van der Waals surface area contributed by atoms with Crippen molar-refractivity contribution >= 4 is 23.2 Å². The molecule has 0 spiro atoms. The van der Waals surface area contributed by atoms with Gasteiger partial charge >= 0.3 is 0 Å². The van der Waals surface area contributed by atoms with Crippen LogP contribution in [0.1, 0.15) is 40.1 Å². The molecular formula is C24H21N3O3. The predicted octanol–water partition coefficient (Wildman–Crippen LogP) is 4.85. The van der Waals surface area contributed by atoms with Crippen molar-refractivity contribution in [2.75, 3.05) is 10.6 Å². The molecule has 0 saturated heterocycles. The molecule has 2 amide bonds. The van der Waals surface area contributed by atoms with Gasteiger partial charge in [-0.1, -0.05) is 6.07 Å². The van der Waals surface area contributed by atoms with E-state index in [0.717, 1.165) is 5.75 Å². The first-order chi connectivity index (χ1) is 14.4. The van der Waals surface area contributed by atoms with Gasteiger partial charge in [-0.2, -0.15) is 5.26 Å². The lowest BCUT2D eigenvalue weighted by atomic mass is 10.1. The lowest BCUT2D eigenvalue weighted by Gasteiger charge is -2.11. The van der Waals surface area contributed by atoms with E-state index in [-0.39, 0.29) is 17.9 Å². The lowest BCUT2D eigenvalue weighted by Crippen LogP contribution is -2.14. The number of hydrogen-bond acceptors (Lipinski definition) is 4. The van der Waals surface area contributed by atoms with E-state index in [1.54, 1.807) is 72.8 Å². The fourth-order valence-electron chi connectivity index (χ4n) is 2.74. The number of nitriles is 1. The Kier molecular flexibility index (Phi) is 6.46. The molecule has 0 atom stereocenters. The third-order valence-electron chi connectivity index (χ3n) is 4.14. The van der Waals surface area contributed by atoms with Gasteiger partial charge in [-0.3, -0.25) is 9.59 Å². The topological polar surface area (TPSA) is 91.2 Å². The predicted molar refractivity (Wildman–Crippen MR) is 116 cm³/mol. The van der Waals surface area contributed by atoms with Crippen LogP contribution in [0.2, 0.25) is 0 Å². The molecule has 0 fully saturated rings. The summed E-state index contributed by atoms with van der Waals surface area (Å²) in [7, 11) is 0. The highest BCUT2D eigenvalue weighted by atomic mass is 16.5. The van der Waals surface area contributed by atoms with Crippen molar-refractivity contribution < 1.29 is 14.3 Å². The van der Waals surface area contributed by atoms with E-state index in [9.17, 15) is 9.59 Å². The van der Waals surface area contributed by atoms with Crippen molar-refractivity contribution in [2.45, 2.75) is 20.0 Å². The van der Waals surface area contributed by atoms with Crippen molar-refractivity contribution in [3.05, 3.63) is 89.5 Å². The van der Waals surface area contributed by atoms with Crippen LogP contribution in [0.25, 0.3) is 0 Å². The average Bonchev–Trinajstić information content (AvgIpc) is 2.75. The highest BCUT2D eigenvalue weighted by Crippen LogP contribution is 2.18. The van der Waals surface area contributed by atoms with Gasteiger partial charge in [-0.15, -0.1) is 0 Å². The summed E-state index contributed by atoms with van der Waals surface area (Å²) in [5.74, 6) is 0.137. The molecule has 0 saturated carbocycles. The van der Waals surface area contributed by atoms with Crippen LogP contribution in [-0.2, 0) is 0 Å². The van der Waals surface area contributed by atoms with E-state index in [1.165, 1.54) is 0 Å². The number of amides is 2. The first-order valence-corrected chi connectivity index (χ1v) is 9.44. The van der Waals surface area contributed by atoms with Gasteiger partial charge in [0.15, 0.2) is 0 Å². The Labute approximate surface area is 175 Å². The zero-order valence-corrected chi connectivity index (χ0v) is 16.7. The van der Waals surface area contributed by atoms with Crippen LogP contribution in [-0.4, -0.2) is 17.9 Å². The van der Waals surface area contributed by atoms with E-state index in [0.29, 0.717) is 28.1 Å². The summed E-state index contributed by atoms with van der Waals surface area (Å²) in [5, 5.41) is 14.5. The molecular weight excluding hydrogens is 378 g/mol. The van der Waals surface area contributed by atoms with Crippen molar-refractivity contribution in [2.24, 2.45) is 0 Å². The molecule has 3 aromatic carbocycles. The second kappa shape index (κ2) is 9.39. The SMILES string of the molecule is CC(C)Oc1ccc(NC(=O)c2ccc(C(=O)Nc3cccc(C#N)c3)cc2)cc1. The summed E-state index contributed by atoms with van der Waals surface area (Å²) in [4.78, 5) is 24.8. The number of benzene rings is 3. The van der Waals surface area contributed by atoms with Crippen LogP contribution < -0.4 is 15.4 Å². The molecule has 2 N–H and O–H groups in total. The van der Waals surface area contributed by atoms with Gasteiger partial charge in [0.2, 0.25) is 0 Å². The number of carbonyl (C=O) groups excluding carboxylic acids is 2. The van der Waals surface area contributed by atoms with Gasteiger partial charge in [0.1, 0.15) is 5.75 Å². The summed E-state index contributed by atoms with van der Waals surface area (Å²) in [6.07, 6.45) is 0.0800. The van der Waals surface area contributed by atoms with Gasteiger partial charge in [0.25, 0.3) is 11.8 Å². The van der Waals surface area contributed by atoms with Gasteiger partial charge < -0.3 is 15.4 Å². The van der Waals surface area contributed by atoms with Gasteiger partial charge in [0.05, 0.1) is 17.7 Å². The molecule has 0 radical (unpaired) electrons. The summed E-state index contributed by atoms with van der Waals surface area (Å²) >= 11 is 0. The number of nitrogens with one attached hydrogen (secondary N) is 2. The number of anilines is 2. The minimum Gasteiger partial charge on any atom is -0.491 e. The second-order valence-electron chi connectivity index (χ2n) is 6.87. The van der Waals surface area contributed by atoms with Crippen molar-refractivity contribution in [1.82, 2.24) is 0 Å². The third-order valence-corrected chi connectivity index (χ3v) is 4.14. The van der Waals surface area contributed by atoms with Crippen LogP contribution in [0.5, 0.6) is 5.75 Å². The van der Waals surface area contributed by atoms with E-state index in [1.807, 2.05) is 19.9 Å². The molecule has 6 heteroatoms. The Morgan fingerprint density at radius 1 is 0.833 bits per heavy atom. The number of hydrogen-bond donors (Lipinski definition) is 2. The molecule has 3 rings (SSSR count). The Morgan fingerprint density at radius 2 is 1.40 bits per heavy atom. The molecule has 0 aromatic heterocycles. The van der Waals surface area contributed by atoms with Crippen LogP contribution in [0, 0.1) is 11.3 Å². The zero-order valence-electron chi connectivity index (χ0n) is 16.7. The Morgan fingerprint density at radius 3 is 1.93 bits per heavy atom. The standard InChI is InChI=1S/C24H21N3O3/c1-16(2)30-22-12-10-20(11-13-22)26-23(28)18-6-8-19(9-7-18)24(29)27-21-5-3-4-17(14-21)15-25/h3-14,16H,1-2H3,(H,26,28)(H,27,29). The fourth-order valence-corrected chi connectivity index (χ4v) is 2.74. The van der Waals surface area contributed by atoms with E-state index < -0.39 is 0 Å². The zero-order chi connectivity index (χ0) is 21.5. The highest BCUT2D eigenvalue weighted by molar-refractivity contribution is 6.07. The molecule has 0 aliphatic heterocycles. The number of carbonyl (C=O) groups is 2. The second-order valence-corrected chi connectivity index (χ2v) is 6.87. The maximum absolute atomic E-state index is 12.4. The maximum Gasteiger partial charge on any atom is 0.255 e. The van der Waals surface area contributed by atoms with Crippen molar-refractivity contribution in [3.63, 3.8) is 0 Å². The quantitative estimate of drug-likeness (QED) is 0.620.